The van der Waals surface area contributed by atoms with E-state index < -0.39 is 16.1 Å². The third kappa shape index (κ3) is 6.69. The second-order valence-electron chi connectivity index (χ2n) is 5.32. The van der Waals surface area contributed by atoms with Gasteiger partial charge in [-0.1, -0.05) is 38.8 Å². The van der Waals surface area contributed by atoms with Crippen LogP contribution in [0.15, 0.2) is 0 Å². The second-order valence-corrected chi connectivity index (χ2v) is 15.5. The summed E-state index contributed by atoms with van der Waals surface area (Å²) in [6.07, 6.45) is 0. The van der Waals surface area contributed by atoms with Gasteiger partial charge in [-0.05, 0) is 13.0 Å². The molecule has 0 amide bonds. The van der Waals surface area contributed by atoms with Gasteiger partial charge in [0.05, 0.1) is 0 Å². The molecule has 12 heavy (non-hydrogen) atoms. The molecule has 0 radical (unpaired) electrons. The Hall–Kier alpha value is -0.00623. The molecule has 0 aliphatic heterocycles. The molecule has 0 spiro atoms. The summed E-state index contributed by atoms with van der Waals surface area (Å²) in [6, 6.07) is 2.84. The lowest BCUT2D eigenvalue weighted by Gasteiger charge is -2.21. The van der Waals surface area contributed by atoms with Crippen molar-refractivity contribution in [1.82, 2.24) is 0 Å². The van der Waals surface area contributed by atoms with Crippen LogP contribution < -0.4 is 0 Å². The maximum absolute atomic E-state index is 3.41. The molecule has 0 nitrogen and oxygen atoms in total. The molecular formula is C10H22Si2. The number of hydrogen-bond acceptors (Lipinski definition) is 0. The average molecular weight is 198 g/mol. The first-order valence-electron chi connectivity index (χ1n) is 4.71. The Kier molecular flexibility index (Phi) is 4.29. The lowest BCUT2D eigenvalue weighted by Crippen LogP contribution is -2.29. The molecule has 0 atom stereocenters. The van der Waals surface area contributed by atoms with Crippen molar-refractivity contribution in [3.63, 3.8) is 0 Å². The highest BCUT2D eigenvalue weighted by Crippen LogP contribution is 2.19. The van der Waals surface area contributed by atoms with Crippen LogP contribution in [0.4, 0.5) is 0 Å². The van der Waals surface area contributed by atoms with Crippen molar-refractivity contribution in [3.8, 4) is 11.5 Å². The Bertz CT molecular complexity index is 188. The average Bonchev–Trinajstić information content (AvgIpc) is 1.83. The van der Waals surface area contributed by atoms with Crippen LogP contribution in [0.3, 0.4) is 0 Å². The lowest BCUT2D eigenvalue weighted by atomic mass is 10.8. The van der Waals surface area contributed by atoms with E-state index in [9.17, 15) is 0 Å². The summed E-state index contributed by atoms with van der Waals surface area (Å²) in [5.41, 5.74) is 3.41. The standard InChI is InChI=1S/C10H22Si2/c1-7-8-12(5,6)10-9-11(2,3)4/h9-10H2,1-6H3. The maximum atomic E-state index is 3.41. The number of hydrogen-bond donors (Lipinski definition) is 0. The van der Waals surface area contributed by atoms with Gasteiger partial charge in [-0.3, -0.25) is 0 Å². The number of rotatable bonds is 3. The van der Waals surface area contributed by atoms with Gasteiger partial charge >= 0.3 is 0 Å². The molecule has 70 valence electrons. The first kappa shape index (κ1) is 12.0. The molecule has 0 unspecified atom stereocenters. The van der Waals surface area contributed by atoms with E-state index in [0.717, 1.165) is 0 Å². The van der Waals surface area contributed by atoms with Crippen molar-refractivity contribution in [2.75, 3.05) is 0 Å². The molecule has 0 aliphatic carbocycles. The van der Waals surface area contributed by atoms with Gasteiger partial charge in [0.15, 0.2) is 0 Å². The van der Waals surface area contributed by atoms with Crippen molar-refractivity contribution in [3.05, 3.63) is 0 Å². The Labute approximate surface area is 79.8 Å². The largest absolute Gasteiger partial charge is 0.132 e. The molecule has 2 heteroatoms. The molecular weight excluding hydrogens is 176 g/mol. The van der Waals surface area contributed by atoms with Gasteiger partial charge in [0, 0.05) is 8.07 Å². The van der Waals surface area contributed by atoms with E-state index in [1.54, 1.807) is 0 Å². The van der Waals surface area contributed by atoms with Gasteiger partial charge in [-0.2, -0.15) is 0 Å². The topological polar surface area (TPSA) is 0 Å². The third-order valence-corrected chi connectivity index (χ3v) is 6.64. The minimum absolute atomic E-state index is 0.829. The third-order valence-electron chi connectivity index (χ3n) is 1.96. The van der Waals surface area contributed by atoms with Gasteiger partial charge in [0.2, 0.25) is 0 Å². The zero-order valence-electron chi connectivity index (χ0n) is 9.41. The fourth-order valence-corrected chi connectivity index (χ4v) is 7.39. The summed E-state index contributed by atoms with van der Waals surface area (Å²) >= 11 is 0. The maximum Gasteiger partial charge on any atom is 0.132 e. The molecule has 0 N–H and O–H groups in total. The van der Waals surface area contributed by atoms with Gasteiger partial charge < -0.3 is 0 Å². The molecule has 0 saturated carbocycles. The van der Waals surface area contributed by atoms with Gasteiger partial charge in [-0.15, -0.1) is 11.5 Å². The van der Waals surface area contributed by atoms with Crippen LogP contribution in [0.2, 0.25) is 44.8 Å². The molecule has 0 fully saturated rings. The summed E-state index contributed by atoms with van der Waals surface area (Å²) in [5.74, 6) is 3.07. The van der Waals surface area contributed by atoms with E-state index in [1.807, 2.05) is 6.92 Å². The summed E-state index contributed by atoms with van der Waals surface area (Å²) in [7, 11) is -1.97. The minimum atomic E-state index is -1.14. The van der Waals surface area contributed by atoms with Crippen LogP contribution in [0.1, 0.15) is 6.92 Å². The van der Waals surface area contributed by atoms with E-state index in [0.29, 0.717) is 0 Å². The Morgan fingerprint density at radius 1 is 0.917 bits per heavy atom. The quantitative estimate of drug-likeness (QED) is 0.480. The van der Waals surface area contributed by atoms with Crippen LogP contribution in [-0.4, -0.2) is 16.1 Å². The molecule has 0 saturated heterocycles. The van der Waals surface area contributed by atoms with Gasteiger partial charge in [0.25, 0.3) is 0 Å². The van der Waals surface area contributed by atoms with E-state index in [1.165, 1.54) is 12.1 Å². The van der Waals surface area contributed by atoms with Crippen molar-refractivity contribution in [1.29, 1.82) is 0 Å². The zero-order valence-corrected chi connectivity index (χ0v) is 11.4. The van der Waals surface area contributed by atoms with Crippen LogP contribution in [0, 0.1) is 11.5 Å². The van der Waals surface area contributed by atoms with E-state index in [2.05, 4.69) is 44.2 Å². The van der Waals surface area contributed by atoms with Gasteiger partial charge in [-0.25, -0.2) is 0 Å². The first-order valence-corrected chi connectivity index (χ1v) is 11.6. The predicted octanol–water partition coefficient (Wildman–Crippen LogP) is 3.60. The van der Waals surface area contributed by atoms with E-state index >= 15 is 0 Å². The fourth-order valence-electron chi connectivity index (χ4n) is 1.09. The monoisotopic (exact) mass is 198 g/mol. The van der Waals surface area contributed by atoms with Crippen LogP contribution in [-0.2, 0) is 0 Å². The molecule has 0 bridgehead atoms. The molecule has 0 aromatic rings. The molecule has 0 heterocycles. The SMILES string of the molecule is CC#C[Si](C)(C)CC[Si](C)(C)C. The van der Waals surface area contributed by atoms with Crippen molar-refractivity contribution in [2.45, 2.75) is 51.7 Å². The highest BCUT2D eigenvalue weighted by molar-refractivity contribution is 6.87. The molecule has 0 rings (SSSR count). The molecule has 0 aromatic heterocycles. The Balaban J connectivity index is 3.98. The van der Waals surface area contributed by atoms with Crippen molar-refractivity contribution in [2.24, 2.45) is 0 Å². The summed E-state index contributed by atoms with van der Waals surface area (Å²) in [5, 5.41) is 0. The van der Waals surface area contributed by atoms with Crippen molar-refractivity contribution >= 4 is 16.1 Å². The van der Waals surface area contributed by atoms with Crippen LogP contribution in [0.5, 0.6) is 0 Å². The fraction of sp³-hybridized carbons (Fsp3) is 0.800. The zero-order chi connectivity index (χ0) is 9.83. The normalized spacial score (nSPS) is 12.2. The second kappa shape index (κ2) is 4.29. The van der Waals surface area contributed by atoms with Crippen LogP contribution >= 0.6 is 0 Å². The summed E-state index contributed by atoms with van der Waals surface area (Å²) in [6.45, 7) is 14.0. The minimum Gasteiger partial charge on any atom is -0.132 e. The van der Waals surface area contributed by atoms with Crippen molar-refractivity contribution < 1.29 is 0 Å². The summed E-state index contributed by atoms with van der Waals surface area (Å²) in [4.78, 5) is 0. The molecule has 0 aliphatic rings. The van der Waals surface area contributed by atoms with Gasteiger partial charge in [0.1, 0.15) is 8.07 Å². The van der Waals surface area contributed by atoms with Crippen LogP contribution in [0.25, 0.3) is 0 Å². The highest BCUT2D eigenvalue weighted by atomic mass is 28.3. The first-order chi connectivity index (χ1) is 5.27. The Morgan fingerprint density at radius 2 is 1.42 bits per heavy atom. The Morgan fingerprint density at radius 3 is 1.75 bits per heavy atom. The van der Waals surface area contributed by atoms with E-state index in [4.69, 9.17) is 0 Å². The molecule has 0 aromatic carbocycles. The predicted molar refractivity (Wildman–Crippen MR) is 63.9 cm³/mol. The van der Waals surface area contributed by atoms with E-state index in [-0.39, 0.29) is 0 Å². The highest BCUT2D eigenvalue weighted by Gasteiger charge is 2.22. The summed E-state index contributed by atoms with van der Waals surface area (Å²) < 4.78 is 0. The smallest absolute Gasteiger partial charge is 0.132 e. The lowest BCUT2D eigenvalue weighted by molar-refractivity contribution is 1.29.